The van der Waals surface area contributed by atoms with E-state index in [1.54, 1.807) is 25.3 Å². The van der Waals surface area contributed by atoms with Gasteiger partial charge in [0.15, 0.2) is 0 Å². The van der Waals surface area contributed by atoms with Crippen molar-refractivity contribution in [2.75, 3.05) is 57.4 Å². The Kier molecular flexibility index (Phi) is 10.8. The highest BCUT2D eigenvalue weighted by molar-refractivity contribution is 5.91. The Morgan fingerprint density at radius 1 is 1.21 bits per heavy atom. The maximum atomic E-state index is 12.0. The first-order valence-corrected chi connectivity index (χ1v) is 7.80. The van der Waals surface area contributed by atoms with Crippen molar-refractivity contribution in [1.29, 1.82) is 0 Å². The molecule has 24 heavy (non-hydrogen) atoms. The van der Waals surface area contributed by atoms with E-state index in [1.165, 1.54) is 0 Å². The number of piperazine rings is 1. The second kappa shape index (κ2) is 11.4. The number of amides is 1. The van der Waals surface area contributed by atoms with E-state index in [4.69, 9.17) is 10.5 Å². The first kappa shape index (κ1) is 22.8. The normalized spacial score (nSPS) is 15.1. The van der Waals surface area contributed by atoms with Gasteiger partial charge in [-0.15, -0.1) is 24.8 Å². The Balaban J connectivity index is 0.00000264. The van der Waals surface area contributed by atoms with E-state index in [1.807, 2.05) is 0 Å². The molecule has 0 aromatic heterocycles. The van der Waals surface area contributed by atoms with Crippen molar-refractivity contribution in [3.63, 3.8) is 0 Å². The van der Waals surface area contributed by atoms with Crippen LogP contribution in [0.2, 0.25) is 0 Å². The van der Waals surface area contributed by atoms with Crippen molar-refractivity contribution >= 4 is 42.1 Å². The number of carbonyl (C=O) groups is 1. The summed E-state index contributed by atoms with van der Waals surface area (Å²) in [7, 11) is 1.57. The topological polar surface area (TPSA) is 70.8 Å². The minimum atomic E-state index is 0. The van der Waals surface area contributed by atoms with Crippen molar-refractivity contribution in [1.82, 2.24) is 9.80 Å². The number of carbonyl (C=O) groups excluding carboxylic acids is 1. The van der Waals surface area contributed by atoms with Crippen LogP contribution in [0.15, 0.2) is 18.2 Å². The quantitative estimate of drug-likeness (QED) is 0.741. The smallest absolute Gasteiger partial charge is 0.225 e. The maximum absolute atomic E-state index is 12.0. The van der Waals surface area contributed by atoms with E-state index in [0.717, 1.165) is 39.3 Å². The molecule has 1 heterocycles. The molecule has 138 valence electrons. The molecule has 2 rings (SSSR count). The molecule has 1 aromatic carbocycles. The maximum Gasteiger partial charge on any atom is 0.225 e. The summed E-state index contributed by atoms with van der Waals surface area (Å²) in [5, 5.41) is 2.88. The highest BCUT2D eigenvalue weighted by atomic mass is 35.5. The van der Waals surface area contributed by atoms with Crippen LogP contribution in [0, 0.1) is 0 Å². The van der Waals surface area contributed by atoms with Gasteiger partial charge in [-0.2, -0.15) is 0 Å². The third-order valence-corrected chi connectivity index (χ3v) is 4.08. The van der Waals surface area contributed by atoms with Crippen molar-refractivity contribution in [3.8, 4) is 5.75 Å². The molecule has 0 spiro atoms. The molecule has 0 radical (unpaired) electrons. The lowest BCUT2D eigenvalue weighted by atomic mass is 10.2. The molecule has 0 atom stereocenters. The van der Waals surface area contributed by atoms with E-state index in [2.05, 4.69) is 22.0 Å². The molecule has 6 nitrogen and oxygen atoms in total. The summed E-state index contributed by atoms with van der Waals surface area (Å²) in [4.78, 5) is 16.8. The van der Waals surface area contributed by atoms with Gasteiger partial charge in [-0.3, -0.25) is 4.79 Å². The van der Waals surface area contributed by atoms with Gasteiger partial charge in [0.05, 0.1) is 12.8 Å². The molecular weight excluding hydrogens is 351 g/mol. The Bertz CT molecular complexity index is 509. The molecule has 1 saturated heterocycles. The fourth-order valence-electron chi connectivity index (χ4n) is 2.62. The van der Waals surface area contributed by atoms with Crippen molar-refractivity contribution in [2.45, 2.75) is 13.3 Å². The predicted molar refractivity (Wildman–Crippen MR) is 104 cm³/mol. The largest absolute Gasteiger partial charge is 0.495 e. The number of ether oxygens (including phenoxy) is 1. The van der Waals surface area contributed by atoms with Gasteiger partial charge in [0.2, 0.25) is 5.91 Å². The van der Waals surface area contributed by atoms with Gasteiger partial charge in [0, 0.05) is 44.8 Å². The summed E-state index contributed by atoms with van der Waals surface area (Å²) in [6.45, 7) is 8.35. The minimum Gasteiger partial charge on any atom is -0.495 e. The van der Waals surface area contributed by atoms with Gasteiger partial charge in [-0.25, -0.2) is 0 Å². The molecule has 0 aliphatic carbocycles. The number of hydrogen-bond donors (Lipinski definition) is 2. The Morgan fingerprint density at radius 3 is 2.38 bits per heavy atom. The van der Waals surface area contributed by atoms with Gasteiger partial charge >= 0.3 is 0 Å². The van der Waals surface area contributed by atoms with Gasteiger partial charge < -0.3 is 25.6 Å². The highest BCUT2D eigenvalue weighted by Crippen LogP contribution is 2.24. The van der Waals surface area contributed by atoms with Crippen LogP contribution < -0.4 is 15.8 Å². The third kappa shape index (κ3) is 6.73. The standard InChI is InChI=1S/C16H26N4O2.2ClH/c1-3-19-8-10-20(11-9-19)7-6-16(21)18-13-4-5-15(22-2)14(17)12-13;;/h4-5,12H,3,6-11,17H2,1-2H3,(H,18,21);2*1H. The van der Waals surface area contributed by atoms with E-state index < -0.39 is 0 Å². The molecular formula is C16H28Cl2N4O2. The summed E-state index contributed by atoms with van der Waals surface area (Å²) in [5.41, 5.74) is 7.07. The van der Waals surface area contributed by atoms with E-state index in [9.17, 15) is 4.79 Å². The molecule has 1 aromatic rings. The first-order valence-electron chi connectivity index (χ1n) is 7.80. The second-order valence-electron chi connectivity index (χ2n) is 5.53. The lowest BCUT2D eigenvalue weighted by Crippen LogP contribution is -2.46. The number of nitrogens with one attached hydrogen (secondary N) is 1. The molecule has 0 saturated carbocycles. The lowest BCUT2D eigenvalue weighted by Gasteiger charge is -2.33. The minimum absolute atomic E-state index is 0. The van der Waals surface area contributed by atoms with Crippen LogP contribution in [0.4, 0.5) is 11.4 Å². The van der Waals surface area contributed by atoms with Crippen LogP contribution in [0.25, 0.3) is 0 Å². The third-order valence-electron chi connectivity index (χ3n) is 4.08. The molecule has 1 amide bonds. The molecule has 0 bridgehead atoms. The summed E-state index contributed by atoms with van der Waals surface area (Å²) < 4.78 is 5.10. The van der Waals surface area contributed by atoms with Crippen molar-refractivity contribution in [2.24, 2.45) is 0 Å². The number of hydrogen-bond acceptors (Lipinski definition) is 5. The molecule has 1 fully saturated rings. The van der Waals surface area contributed by atoms with Gasteiger partial charge in [-0.05, 0) is 24.7 Å². The fraction of sp³-hybridized carbons (Fsp3) is 0.562. The number of nitrogens with zero attached hydrogens (tertiary/aromatic N) is 2. The van der Waals surface area contributed by atoms with Crippen LogP contribution >= 0.6 is 24.8 Å². The Labute approximate surface area is 156 Å². The molecule has 8 heteroatoms. The number of benzene rings is 1. The average molecular weight is 379 g/mol. The number of rotatable bonds is 6. The number of nitrogen functional groups attached to an aromatic ring is 1. The summed E-state index contributed by atoms with van der Waals surface area (Å²) in [6.07, 6.45) is 0.498. The monoisotopic (exact) mass is 378 g/mol. The second-order valence-corrected chi connectivity index (χ2v) is 5.53. The molecule has 1 aliphatic rings. The van der Waals surface area contributed by atoms with Crippen LogP contribution in [0.5, 0.6) is 5.75 Å². The van der Waals surface area contributed by atoms with E-state index in [0.29, 0.717) is 23.5 Å². The Morgan fingerprint density at radius 2 is 1.83 bits per heavy atom. The highest BCUT2D eigenvalue weighted by Gasteiger charge is 2.16. The fourth-order valence-corrected chi connectivity index (χ4v) is 2.62. The van der Waals surface area contributed by atoms with E-state index >= 15 is 0 Å². The lowest BCUT2D eigenvalue weighted by molar-refractivity contribution is -0.116. The summed E-state index contributed by atoms with van der Waals surface area (Å²) in [5.74, 6) is 0.634. The molecule has 1 aliphatic heterocycles. The van der Waals surface area contributed by atoms with Gasteiger partial charge in [-0.1, -0.05) is 6.92 Å². The average Bonchev–Trinajstić information content (AvgIpc) is 2.53. The van der Waals surface area contributed by atoms with E-state index in [-0.39, 0.29) is 30.7 Å². The summed E-state index contributed by atoms with van der Waals surface area (Å²) in [6, 6.07) is 5.28. The molecule has 0 unspecified atom stereocenters. The molecule has 3 N–H and O–H groups in total. The van der Waals surface area contributed by atoms with Crippen LogP contribution in [0.1, 0.15) is 13.3 Å². The van der Waals surface area contributed by atoms with Crippen LogP contribution in [-0.2, 0) is 4.79 Å². The van der Waals surface area contributed by atoms with Crippen LogP contribution in [0.3, 0.4) is 0 Å². The van der Waals surface area contributed by atoms with Crippen molar-refractivity contribution in [3.05, 3.63) is 18.2 Å². The number of anilines is 2. The summed E-state index contributed by atoms with van der Waals surface area (Å²) >= 11 is 0. The zero-order chi connectivity index (χ0) is 15.9. The van der Waals surface area contributed by atoms with Gasteiger partial charge in [0.1, 0.15) is 5.75 Å². The number of methoxy groups -OCH3 is 1. The zero-order valence-electron chi connectivity index (χ0n) is 14.3. The zero-order valence-corrected chi connectivity index (χ0v) is 15.9. The Hall–Kier alpha value is -1.21. The number of likely N-dealkylation sites (N-methyl/N-ethyl adjacent to an activating group) is 1. The van der Waals surface area contributed by atoms with Gasteiger partial charge in [0.25, 0.3) is 0 Å². The van der Waals surface area contributed by atoms with Crippen molar-refractivity contribution < 1.29 is 9.53 Å². The number of nitrogens with two attached hydrogens (primary N) is 1. The SMILES string of the molecule is CCN1CCN(CCC(=O)Nc2ccc(OC)c(N)c2)CC1.Cl.Cl. The predicted octanol–water partition coefficient (Wildman–Crippen LogP) is 2.09. The number of halogens is 2. The first-order chi connectivity index (χ1) is 10.6. The van der Waals surface area contributed by atoms with Crippen LogP contribution in [-0.4, -0.2) is 62.1 Å².